The molecule has 21 heavy (non-hydrogen) atoms. The fraction of sp³-hybridized carbons (Fsp3) is 0.611. The molecule has 1 N–H and O–H groups in total. The van der Waals surface area contributed by atoms with Crippen molar-refractivity contribution in [1.29, 1.82) is 0 Å². The predicted octanol–water partition coefficient (Wildman–Crippen LogP) is 3.79. The molecular weight excluding hydrogens is 260 g/mol. The van der Waals surface area contributed by atoms with E-state index in [9.17, 15) is 5.11 Å². The standard InChI is InChI=1S/C18H26N2O/c1-3-13-9-10-18(21)14(11-13)12-16-15-7-5-6-8-17(15)20(4-2)19-16/h5-8,13-14,18,21H,3-4,9-12H2,1-2H3. The van der Waals surface area contributed by atoms with Gasteiger partial charge in [-0.3, -0.25) is 4.68 Å². The molecule has 0 spiro atoms. The van der Waals surface area contributed by atoms with Crippen LogP contribution < -0.4 is 0 Å². The van der Waals surface area contributed by atoms with Crippen molar-refractivity contribution in [2.24, 2.45) is 11.8 Å². The van der Waals surface area contributed by atoms with Gasteiger partial charge >= 0.3 is 0 Å². The van der Waals surface area contributed by atoms with E-state index in [1.807, 2.05) is 0 Å². The van der Waals surface area contributed by atoms with Gasteiger partial charge in [-0.05, 0) is 50.5 Å². The number of benzene rings is 1. The Morgan fingerprint density at radius 3 is 2.81 bits per heavy atom. The highest BCUT2D eigenvalue weighted by Gasteiger charge is 2.29. The minimum Gasteiger partial charge on any atom is -0.393 e. The number of aliphatic hydroxyl groups is 1. The fourth-order valence-corrected chi connectivity index (χ4v) is 3.77. The summed E-state index contributed by atoms with van der Waals surface area (Å²) >= 11 is 0. The molecule has 1 aliphatic rings. The summed E-state index contributed by atoms with van der Waals surface area (Å²) in [5, 5.41) is 16.4. The second-order valence-corrected chi connectivity index (χ2v) is 6.40. The highest BCUT2D eigenvalue weighted by molar-refractivity contribution is 5.81. The smallest absolute Gasteiger partial charge is 0.0707 e. The van der Waals surface area contributed by atoms with E-state index in [1.165, 1.54) is 23.7 Å². The van der Waals surface area contributed by atoms with Crippen molar-refractivity contribution < 1.29 is 5.11 Å². The van der Waals surface area contributed by atoms with E-state index in [1.54, 1.807) is 0 Å². The molecule has 2 aromatic rings. The molecule has 3 atom stereocenters. The second-order valence-electron chi connectivity index (χ2n) is 6.40. The number of rotatable bonds is 4. The Morgan fingerprint density at radius 1 is 1.24 bits per heavy atom. The van der Waals surface area contributed by atoms with E-state index in [4.69, 9.17) is 5.10 Å². The lowest BCUT2D eigenvalue weighted by Gasteiger charge is -2.32. The zero-order valence-corrected chi connectivity index (χ0v) is 13.1. The van der Waals surface area contributed by atoms with E-state index in [0.29, 0.717) is 5.92 Å². The van der Waals surface area contributed by atoms with Crippen molar-refractivity contribution in [2.45, 2.75) is 58.6 Å². The van der Waals surface area contributed by atoms with E-state index in [-0.39, 0.29) is 6.10 Å². The molecule has 114 valence electrons. The minimum atomic E-state index is -0.154. The van der Waals surface area contributed by atoms with E-state index in [2.05, 4.69) is 42.8 Å². The molecule has 0 radical (unpaired) electrons. The monoisotopic (exact) mass is 286 g/mol. The number of para-hydroxylation sites is 1. The van der Waals surface area contributed by atoms with Crippen LogP contribution in [-0.2, 0) is 13.0 Å². The van der Waals surface area contributed by atoms with Crippen molar-refractivity contribution in [1.82, 2.24) is 9.78 Å². The molecule has 1 aromatic heterocycles. The van der Waals surface area contributed by atoms with Crippen molar-refractivity contribution >= 4 is 10.9 Å². The van der Waals surface area contributed by atoms with Crippen LogP contribution in [0.5, 0.6) is 0 Å². The lowest BCUT2D eigenvalue weighted by molar-refractivity contribution is 0.0471. The van der Waals surface area contributed by atoms with Crippen LogP contribution in [0.4, 0.5) is 0 Å². The Morgan fingerprint density at radius 2 is 2.05 bits per heavy atom. The summed E-state index contributed by atoms with van der Waals surface area (Å²) < 4.78 is 2.08. The Bertz CT molecular complexity index is 604. The molecule has 1 aromatic carbocycles. The number of fused-ring (bicyclic) bond motifs is 1. The first-order chi connectivity index (χ1) is 10.2. The SMILES string of the molecule is CCC1CCC(O)C(Cc2nn(CC)c3ccccc23)C1. The lowest BCUT2D eigenvalue weighted by atomic mass is 9.76. The summed E-state index contributed by atoms with van der Waals surface area (Å²) in [4.78, 5) is 0. The molecule has 3 unspecified atom stereocenters. The van der Waals surface area contributed by atoms with Crippen LogP contribution >= 0.6 is 0 Å². The molecule has 0 amide bonds. The molecule has 0 bridgehead atoms. The summed E-state index contributed by atoms with van der Waals surface area (Å²) in [5.74, 6) is 1.14. The third-order valence-corrected chi connectivity index (χ3v) is 5.12. The van der Waals surface area contributed by atoms with Gasteiger partial charge < -0.3 is 5.11 Å². The van der Waals surface area contributed by atoms with Crippen molar-refractivity contribution in [3.05, 3.63) is 30.0 Å². The molecule has 0 saturated heterocycles. The molecule has 3 nitrogen and oxygen atoms in total. The Hall–Kier alpha value is -1.35. The third-order valence-electron chi connectivity index (χ3n) is 5.12. The summed E-state index contributed by atoms with van der Waals surface area (Å²) in [6.45, 7) is 5.29. The van der Waals surface area contributed by atoms with E-state index < -0.39 is 0 Å². The largest absolute Gasteiger partial charge is 0.393 e. The quantitative estimate of drug-likeness (QED) is 0.928. The average molecular weight is 286 g/mol. The molecule has 3 rings (SSSR count). The van der Waals surface area contributed by atoms with Crippen LogP contribution in [0, 0.1) is 11.8 Å². The minimum absolute atomic E-state index is 0.154. The first kappa shape index (κ1) is 14.6. The molecule has 1 fully saturated rings. The number of aromatic nitrogens is 2. The third kappa shape index (κ3) is 2.84. The highest BCUT2D eigenvalue weighted by atomic mass is 16.3. The summed E-state index contributed by atoms with van der Waals surface area (Å²) in [6.07, 6.45) is 5.26. The average Bonchev–Trinajstić information content (AvgIpc) is 2.88. The molecule has 0 aliphatic heterocycles. The van der Waals surface area contributed by atoms with Crippen molar-refractivity contribution in [2.75, 3.05) is 0 Å². The fourth-order valence-electron chi connectivity index (χ4n) is 3.77. The van der Waals surface area contributed by atoms with E-state index >= 15 is 0 Å². The van der Waals surface area contributed by atoms with Crippen LogP contribution in [0.15, 0.2) is 24.3 Å². The van der Waals surface area contributed by atoms with Crippen molar-refractivity contribution in [3.8, 4) is 0 Å². The first-order valence-corrected chi connectivity index (χ1v) is 8.35. The number of aryl methyl sites for hydroxylation is 1. The lowest BCUT2D eigenvalue weighted by Crippen LogP contribution is -2.30. The Labute approximate surface area is 127 Å². The molecular formula is C18H26N2O. The molecule has 1 heterocycles. The van der Waals surface area contributed by atoms with Crippen LogP contribution in [0.2, 0.25) is 0 Å². The van der Waals surface area contributed by atoms with Gasteiger partial charge in [-0.15, -0.1) is 0 Å². The van der Waals surface area contributed by atoms with Crippen molar-refractivity contribution in [3.63, 3.8) is 0 Å². The summed E-state index contributed by atoms with van der Waals surface area (Å²) in [6, 6.07) is 8.46. The summed E-state index contributed by atoms with van der Waals surface area (Å²) in [7, 11) is 0. The van der Waals surface area contributed by atoms with Gasteiger partial charge in [0.1, 0.15) is 0 Å². The maximum atomic E-state index is 10.3. The topological polar surface area (TPSA) is 38.1 Å². The zero-order valence-electron chi connectivity index (χ0n) is 13.1. The van der Waals surface area contributed by atoms with Gasteiger partial charge in [-0.1, -0.05) is 31.5 Å². The maximum Gasteiger partial charge on any atom is 0.0707 e. The number of aliphatic hydroxyl groups excluding tert-OH is 1. The van der Waals surface area contributed by atoms with Crippen LogP contribution in [0.1, 0.15) is 45.2 Å². The maximum absolute atomic E-state index is 10.3. The van der Waals surface area contributed by atoms with Gasteiger partial charge in [-0.25, -0.2) is 0 Å². The number of nitrogens with zero attached hydrogens (tertiary/aromatic N) is 2. The first-order valence-electron chi connectivity index (χ1n) is 8.35. The van der Waals surface area contributed by atoms with Gasteiger partial charge in [0, 0.05) is 11.9 Å². The summed E-state index contributed by atoms with van der Waals surface area (Å²) in [5.41, 5.74) is 2.38. The van der Waals surface area contributed by atoms with E-state index in [0.717, 1.165) is 37.4 Å². The Kier molecular flexibility index (Phi) is 4.29. The molecule has 3 heteroatoms. The van der Waals surface area contributed by atoms with Crippen LogP contribution in [-0.4, -0.2) is 21.0 Å². The predicted molar refractivity (Wildman–Crippen MR) is 86.2 cm³/mol. The molecule has 1 aliphatic carbocycles. The van der Waals surface area contributed by atoms with Crippen LogP contribution in [0.25, 0.3) is 10.9 Å². The second kappa shape index (κ2) is 6.18. The van der Waals surface area contributed by atoms with Crippen LogP contribution in [0.3, 0.4) is 0 Å². The highest BCUT2D eigenvalue weighted by Crippen LogP contribution is 2.34. The zero-order chi connectivity index (χ0) is 14.8. The van der Waals surface area contributed by atoms with Gasteiger partial charge in [0.15, 0.2) is 0 Å². The Balaban J connectivity index is 1.87. The number of hydrogen-bond donors (Lipinski definition) is 1. The van der Waals surface area contributed by atoms with Gasteiger partial charge in [-0.2, -0.15) is 5.10 Å². The van der Waals surface area contributed by atoms with Gasteiger partial charge in [0.05, 0.1) is 17.3 Å². The van der Waals surface area contributed by atoms with Gasteiger partial charge in [0.25, 0.3) is 0 Å². The normalized spacial score (nSPS) is 26.3. The number of hydrogen-bond acceptors (Lipinski definition) is 2. The molecule has 1 saturated carbocycles. The van der Waals surface area contributed by atoms with Gasteiger partial charge in [0.2, 0.25) is 0 Å².